The van der Waals surface area contributed by atoms with Gasteiger partial charge in [0, 0.05) is 0 Å². The van der Waals surface area contributed by atoms with Crippen LogP contribution in [0.4, 0.5) is 4.39 Å². The Labute approximate surface area is 129 Å². The van der Waals surface area contributed by atoms with Crippen LogP contribution in [0.3, 0.4) is 0 Å². The first-order valence-corrected chi connectivity index (χ1v) is 8.02. The molecule has 0 saturated carbocycles. The summed E-state index contributed by atoms with van der Waals surface area (Å²) in [4.78, 5) is 0.0402. The number of benzene rings is 2. The molecule has 1 atom stereocenters. The van der Waals surface area contributed by atoms with E-state index < -0.39 is 0 Å². The Bertz CT molecular complexity index is 560. The highest BCUT2D eigenvalue weighted by molar-refractivity contribution is 9.09. The zero-order chi connectivity index (χ0) is 14.5. The Morgan fingerprint density at radius 1 is 1.10 bits per heavy atom. The minimum Gasteiger partial charge on any atom is -0.207 e. The van der Waals surface area contributed by atoms with Crippen molar-refractivity contribution in [3.63, 3.8) is 0 Å². The van der Waals surface area contributed by atoms with Crippen molar-refractivity contribution in [1.82, 2.24) is 0 Å². The summed E-state index contributed by atoms with van der Waals surface area (Å²) in [6.07, 6.45) is 3.56. The molecule has 0 spiro atoms. The average Bonchev–Trinajstić information content (AvgIpc) is 2.47. The van der Waals surface area contributed by atoms with Crippen molar-refractivity contribution in [2.24, 2.45) is 0 Å². The molecule has 0 nitrogen and oxygen atoms in total. The average molecular weight is 335 g/mol. The smallest absolute Gasteiger partial charge is 0.123 e. The van der Waals surface area contributed by atoms with E-state index in [1.165, 1.54) is 30.0 Å². The minimum absolute atomic E-state index is 0.0402. The van der Waals surface area contributed by atoms with E-state index in [-0.39, 0.29) is 10.6 Å². The molecule has 2 aromatic carbocycles. The number of hydrogen-bond donors (Lipinski definition) is 0. The first-order valence-electron chi connectivity index (χ1n) is 7.10. The predicted molar refractivity (Wildman–Crippen MR) is 87.0 cm³/mol. The second-order valence-electron chi connectivity index (χ2n) is 5.21. The third-order valence-corrected chi connectivity index (χ3v) is 4.63. The summed E-state index contributed by atoms with van der Waals surface area (Å²) in [6.45, 7) is 4.22. The molecule has 0 saturated heterocycles. The van der Waals surface area contributed by atoms with Crippen LogP contribution in [0.2, 0.25) is 0 Å². The van der Waals surface area contributed by atoms with Crippen LogP contribution in [0, 0.1) is 12.7 Å². The van der Waals surface area contributed by atoms with Crippen LogP contribution in [0.25, 0.3) is 0 Å². The molecular formula is C18H20BrF. The zero-order valence-corrected chi connectivity index (χ0v) is 13.6. The second-order valence-corrected chi connectivity index (χ2v) is 6.12. The van der Waals surface area contributed by atoms with Gasteiger partial charge in [-0.05, 0) is 54.2 Å². The van der Waals surface area contributed by atoms with E-state index in [0.717, 1.165) is 17.5 Å². The van der Waals surface area contributed by atoms with E-state index in [0.29, 0.717) is 0 Å². The summed E-state index contributed by atoms with van der Waals surface area (Å²) in [5.41, 5.74) is 4.62. The molecule has 0 bridgehead atoms. The molecule has 0 radical (unpaired) electrons. The van der Waals surface area contributed by atoms with E-state index in [4.69, 9.17) is 0 Å². The topological polar surface area (TPSA) is 0 Å². The van der Waals surface area contributed by atoms with Crippen LogP contribution in [-0.4, -0.2) is 0 Å². The molecule has 1 unspecified atom stereocenters. The van der Waals surface area contributed by atoms with Crippen LogP contribution >= 0.6 is 15.9 Å². The third-order valence-electron chi connectivity index (χ3n) is 3.61. The molecule has 0 aliphatic carbocycles. The molecule has 0 aromatic heterocycles. The highest BCUT2D eigenvalue weighted by atomic mass is 79.9. The zero-order valence-electron chi connectivity index (χ0n) is 12.0. The molecule has 20 heavy (non-hydrogen) atoms. The van der Waals surface area contributed by atoms with E-state index in [1.54, 1.807) is 6.07 Å². The summed E-state index contributed by atoms with van der Waals surface area (Å²) in [5, 5.41) is 0. The van der Waals surface area contributed by atoms with Gasteiger partial charge in [0.2, 0.25) is 0 Å². The lowest BCUT2D eigenvalue weighted by Crippen LogP contribution is -1.97. The summed E-state index contributed by atoms with van der Waals surface area (Å²) in [5.74, 6) is -0.186. The Hall–Kier alpha value is -1.15. The van der Waals surface area contributed by atoms with Gasteiger partial charge in [0.1, 0.15) is 5.82 Å². The second kappa shape index (κ2) is 7.03. The Morgan fingerprint density at radius 2 is 1.80 bits per heavy atom. The quantitative estimate of drug-likeness (QED) is 0.591. The van der Waals surface area contributed by atoms with Gasteiger partial charge in [0.05, 0.1) is 4.83 Å². The number of unbranched alkanes of at least 4 members (excludes halogenated alkanes) is 1. The first kappa shape index (κ1) is 15.2. The van der Waals surface area contributed by atoms with Gasteiger partial charge in [-0.3, -0.25) is 0 Å². The van der Waals surface area contributed by atoms with Gasteiger partial charge in [-0.25, -0.2) is 4.39 Å². The lowest BCUT2D eigenvalue weighted by atomic mass is 9.98. The maximum atomic E-state index is 13.4. The molecule has 0 aliphatic rings. The molecule has 0 N–H and O–H groups in total. The van der Waals surface area contributed by atoms with Crippen LogP contribution in [-0.2, 0) is 6.42 Å². The fourth-order valence-electron chi connectivity index (χ4n) is 2.30. The van der Waals surface area contributed by atoms with E-state index in [1.807, 2.05) is 13.0 Å². The summed E-state index contributed by atoms with van der Waals surface area (Å²) in [7, 11) is 0. The number of hydrogen-bond acceptors (Lipinski definition) is 0. The van der Waals surface area contributed by atoms with Crippen molar-refractivity contribution in [2.75, 3.05) is 0 Å². The molecule has 2 rings (SSSR count). The van der Waals surface area contributed by atoms with E-state index in [9.17, 15) is 4.39 Å². The van der Waals surface area contributed by atoms with Crippen molar-refractivity contribution >= 4 is 15.9 Å². The first-order chi connectivity index (χ1) is 9.61. The van der Waals surface area contributed by atoms with E-state index in [2.05, 4.69) is 47.1 Å². The molecule has 106 valence electrons. The van der Waals surface area contributed by atoms with Crippen LogP contribution in [0.5, 0.6) is 0 Å². The van der Waals surface area contributed by atoms with Crippen molar-refractivity contribution in [1.29, 1.82) is 0 Å². The van der Waals surface area contributed by atoms with Gasteiger partial charge in [-0.15, -0.1) is 0 Å². The largest absolute Gasteiger partial charge is 0.207 e. The highest BCUT2D eigenvalue weighted by Gasteiger charge is 2.13. The molecular weight excluding hydrogens is 315 g/mol. The lowest BCUT2D eigenvalue weighted by molar-refractivity contribution is 0.625. The monoisotopic (exact) mass is 334 g/mol. The maximum absolute atomic E-state index is 13.4. The third kappa shape index (κ3) is 3.69. The number of rotatable bonds is 5. The van der Waals surface area contributed by atoms with Gasteiger partial charge < -0.3 is 0 Å². The standard InChI is InChI=1S/C18H20BrF/c1-3-4-5-14-7-9-15(10-8-14)18(19)17-12-16(20)11-6-13(17)2/h6-12,18H,3-5H2,1-2H3. The molecule has 2 aromatic rings. The molecule has 0 heterocycles. The van der Waals surface area contributed by atoms with Crippen molar-refractivity contribution < 1.29 is 4.39 Å². The Balaban J connectivity index is 2.20. The van der Waals surface area contributed by atoms with Gasteiger partial charge >= 0.3 is 0 Å². The molecule has 2 heteroatoms. The van der Waals surface area contributed by atoms with Crippen molar-refractivity contribution in [2.45, 2.75) is 37.9 Å². The van der Waals surface area contributed by atoms with Crippen LogP contribution < -0.4 is 0 Å². The summed E-state index contributed by atoms with van der Waals surface area (Å²) < 4.78 is 13.4. The number of aryl methyl sites for hydroxylation is 2. The molecule has 0 fully saturated rings. The van der Waals surface area contributed by atoms with Gasteiger partial charge in [0.25, 0.3) is 0 Å². The molecule has 0 amide bonds. The van der Waals surface area contributed by atoms with Crippen molar-refractivity contribution in [3.05, 3.63) is 70.5 Å². The van der Waals surface area contributed by atoms with Crippen LogP contribution in [0.1, 0.15) is 46.8 Å². The van der Waals surface area contributed by atoms with Crippen molar-refractivity contribution in [3.8, 4) is 0 Å². The number of halogens is 2. The Kier molecular flexibility index (Phi) is 5.36. The highest BCUT2D eigenvalue weighted by Crippen LogP contribution is 2.33. The lowest BCUT2D eigenvalue weighted by Gasteiger charge is -2.14. The predicted octanol–water partition coefficient (Wildman–Crippen LogP) is 5.96. The van der Waals surface area contributed by atoms with Gasteiger partial charge in [-0.1, -0.05) is 59.6 Å². The summed E-state index contributed by atoms with van der Waals surface area (Å²) >= 11 is 3.69. The maximum Gasteiger partial charge on any atom is 0.123 e. The number of alkyl halides is 1. The van der Waals surface area contributed by atoms with Crippen LogP contribution in [0.15, 0.2) is 42.5 Å². The van der Waals surface area contributed by atoms with E-state index >= 15 is 0 Å². The van der Waals surface area contributed by atoms with Gasteiger partial charge in [-0.2, -0.15) is 0 Å². The molecule has 0 aliphatic heterocycles. The Morgan fingerprint density at radius 3 is 2.45 bits per heavy atom. The van der Waals surface area contributed by atoms with Gasteiger partial charge in [0.15, 0.2) is 0 Å². The normalized spacial score (nSPS) is 12.4. The summed E-state index contributed by atoms with van der Waals surface area (Å²) in [6, 6.07) is 13.6. The SMILES string of the molecule is CCCCc1ccc(C(Br)c2cc(F)ccc2C)cc1. The fraction of sp³-hybridized carbons (Fsp3) is 0.333. The fourth-order valence-corrected chi connectivity index (χ4v) is 3.10. The minimum atomic E-state index is -0.186.